The summed E-state index contributed by atoms with van der Waals surface area (Å²) in [6.45, 7) is 7.21. The van der Waals surface area contributed by atoms with Crippen molar-refractivity contribution < 1.29 is 15.0 Å². The van der Waals surface area contributed by atoms with Crippen LogP contribution in [0, 0.1) is 0 Å². The van der Waals surface area contributed by atoms with Crippen molar-refractivity contribution in [3.8, 4) is 0 Å². The smallest absolute Gasteiger partial charge is 0.0836 e. The Kier molecular flexibility index (Phi) is 3.00. The second-order valence-electron chi connectivity index (χ2n) is 4.71. The van der Waals surface area contributed by atoms with E-state index in [1.807, 2.05) is 27.7 Å². The Labute approximate surface area is 100 Å². The Hall–Kier alpha value is -0.340. The molecular formula is C13H26O2. The second kappa shape index (κ2) is 5.13. The average Bonchev–Trinajstić information content (AvgIpc) is 2.25. The third-order valence-electron chi connectivity index (χ3n) is 3.23. The van der Waals surface area contributed by atoms with Gasteiger partial charge < -0.3 is 9.47 Å². The van der Waals surface area contributed by atoms with E-state index in [-0.39, 0.29) is 0 Å². The van der Waals surface area contributed by atoms with Gasteiger partial charge in [-0.1, -0.05) is 0 Å². The molecule has 0 saturated heterocycles. The van der Waals surface area contributed by atoms with Gasteiger partial charge in [-0.25, -0.2) is 0 Å². The summed E-state index contributed by atoms with van der Waals surface area (Å²) in [6.07, 6.45) is 0. The van der Waals surface area contributed by atoms with Crippen molar-refractivity contribution in [2.75, 3.05) is 13.7 Å². The van der Waals surface area contributed by atoms with Crippen LogP contribution in [0.1, 0.15) is 53.9 Å². The van der Waals surface area contributed by atoms with Crippen LogP contribution >= 0.6 is 0 Å². The molecule has 1 unspecified atom stereocenters. The van der Waals surface area contributed by atoms with Crippen LogP contribution in [0.3, 0.4) is 0 Å². The molecule has 0 N–H and O–H groups in total. The van der Waals surface area contributed by atoms with E-state index in [0.717, 1.165) is 11.1 Å². The summed E-state index contributed by atoms with van der Waals surface area (Å²) in [6, 6.07) is 0. The van der Waals surface area contributed by atoms with Gasteiger partial charge in [0, 0.05) is 17.8 Å². The molecule has 0 aromatic rings. The SMILES string of the molecule is [2H]C(OC(C)(C)/C(C)=C(/C)C(C)(C)OC)C([2H])([2H])[2H]. The van der Waals surface area contributed by atoms with Crippen LogP contribution in [0.2, 0.25) is 0 Å². The number of methoxy groups -OCH3 is 1. The molecule has 0 heterocycles. The fraction of sp³-hybridized carbons (Fsp3) is 0.846. The molecule has 15 heavy (non-hydrogen) atoms. The summed E-state index contributed by atoms with van der Waals surface area (Å²) in [7, 11) is 1.63. The first kappa shape index (κ1) is 8.77. The standard InChI is InChI=1S/C13H26O2/c1-9-15-13(6,7)11(3)10(2)12(4,5)14-8/h9H2,1-8H3/b11-10-/i1D3,9D. The maximum absolute atomic E-state index is 7.58. The summed E-state index contributed by atoms with van der Waals surface area (Å²) >= 11 is 0. The largest absolute Gasteiger partial charge is 0.374 e. The summed E-state index contributed by atoms with van der Waals surface area (Å²) in [4.78, 5) is 0. The molecule has 0 aromatic heterocycles. The number of ether oxygens (including phenoxy) is 2. The van der Waals surface area contributed by atoms with Gasteiger partial charge in [-0.15, -0.1) is 0 Å². The fourth-order valence-electron chi connectivity index (χ4n) is 1.29. The van der Waals surface area contributed by atoms with Gasteiger partial charge in [0.1, 0.15) is 0 Å². The van der Waals surface area contributed by atoms with Crippen LogP contribution in [0.5, 0.6) is 0 Å². The minimum atomic E-state index is -2.44. The number of hydrogen-bond acceptors (Lipinski definition) is 2. The number of hydrogen-bond donors (Lipinski definition) is 0. The Morgan fingerprint density at radius 2 is 1.60 bits per heavy atom. The molecule has 0 aliphatic rings. The lowest BCUT2D eigenvalue weighted by molar-refractivity contribution is 0.0110. The Balaban J connectivity index is 5.27. The third kappa shape index (κ3) is 3.62. The molecule has 2 heteroatoms. The maximum Gasteiger partial charge on any atom is 0.0836 e. The van der Waals surface area contributed by atoms with Gasteiger partial charge in [-0.3, -0.25) is 0 Å². The first-order valence-electron chi connectivity index (χ1n) is 7.17. The molecule has 0 bridgehead atoms. The molecule has 0 rings (SSSR count). The molecular weight excluding hydrogens is 188 g/mol. The van der Waals surface area contributed by atoms with Crippen molar-refractivity contribution in [1.82, 2.24) is 0 Å². The Morgan fingerprint density at radius 1 is 1.13 bits per heavy atom. The highest BCUT2D eigenvalue weighted by atomic mass is 16.5. The molecule has 1 atom stereocenters. The number of rotatable bonds is 5. The van der Waals surface area contributed by atoms with Gasteiger partial charge in [-0.05, 0) is 59.5 Å². The van der Waals surface area contributed by atoms with Gasteiger partial charge >= 0.3 is 0 Å². The van der Waals surface area contributed by atoms with E-state index in [4.69, 9.17) is 15.0 Å². The van der Waals surface area contributed by atoms with Crippen molar-refractivity contribution in [3.05, 3.63) is 11.1 Å². The first-order chi connectivity index (χ1) is 8.25. The predicted molar refractivity (Wildman–Crippen MR) is 65.2 cm³/mol. The topological polar surface area (TPSA) is 18.5 Å². The van der Waals surface area contributed by atoms with Crippen molar-refractivity contribution in [2.45, 2.75) is 59.6 Å². The molecule has 0 amide bonds. The molecule has 0 radical (unpaired) electrons. The highest BCUT2D eigenvalue weighted by Gasteiger charge is 2.28. The second-order valence-corrected chi connectivity index (χ2v) is 4.71. The highest BCUT2D eigenvalue weighted by Crippen LogP contribution is 2.30. The quantitative estimate of drug-likeness (QED) is 0.657. The summed E-state index contributed by atoms with van der Waals surface area (Å²) in [5, 5.41) is 0. The van der Waals surface area contributed by atoms with E-state index in [0.29, 0.717) is 0 Å². The monoisotopic (exact) mass is 218 g/mol. The average molecular weight is 218 g/mol. The summed E-state index contributed by atoms with van der Waals surface area (Å²) in [5.41, 5.74) is 0.557. The van der Waals surface area contributed by atoms with E-state index in [2.05, 4.69) is 0 Å². The lowest BCUT2D eigenvalue weighted by Crippen LogP contribution is -2.32. The zero-order valence-corrected chi connectivity index (χ0v) is 10.9. The van der Waals surface area contributed by atoms with E-state index < -0.39 is 24.6 Å². The van der Waals surface area contributed by atoms with Crippen LogP contribution in [-0.4, -0.2) is 24.9 Å². The highest BCUT2D eigenvalue weighted by molar-refractivity contribution is 5.25. The molecule has 0 aliphatic heterocycles. The fourth-order valence-corrected chi connectivity index (χ4v) is 1.29. The van der Waals surface area contributed by atoms with Crippen LogP contribution in [-0.2, 0) is 9.47 Å². The van der Waals surface area contributed by atoms with Crippen LogP contribution in [0.25, 0.3) is 0 Å². The molecule has 0 spiro atoms. The maximum atomic E-state index is 7.58. The predicted octanol–water partition coefficient (Wildman–Crippen LogP) is 3.56. The van der Waals surface area contributed by atoms with Crippen molar-refractivity contribution in [3.63, 3.8) is 0 Å². The lowest BCUT2D eigenvalue weighted by atomic mass is 9.87. The normalized spacial score (nSPS) is 22.1. The van der Waals surface area contributed by atoms with Crippen LogP contribution in [0.4, 0.5) is 0 Å². The van der Waals surface area contributed by atoms with Crippen LogP contribution in [0.15, 0.2) is 11.1 Å². The first-order valence-corrected chi connectivity index (χ1v) is 5.09. The molecule has 0 aliphatic carbocycles. The van der Waals surface area contributed by atoms with Gasteiger partial charge in [0.05, 0.1) is 12.6 Å². The molecule has 0 aromatic carbocycles. The molecule has 0 saturated carbocycles. The van der Waals surface area contributed by atoms with E-state index in [1.165, 1.54) is 0 Å². The molecule has 0 fully saturated rings. The molecule has 90 valence electrons. The van der Waals surface area contributed by atoms with E-state index in [9.17, 15) is 0 Å². The van der Waals surface area contributed by atoms with Crippen molar-refractivity contribution >= 4 is 0 Å². The lowest BCUT2D eigenvalue weighted by Gasteiger charge is -2.33. The molecule has 2 nitrogen and oxygen atoms in total. The van der Waals surface area contributed by atoms with E-state index in [1.54, 1.807) is 21.0 Å². The Bertz CT molecular complexity index is 343. The summed E-state index contributed by atoms with van der Waals surface area (Å²) in [5.74, 6) is 0. The third-order valence-corrected chi connectivity index (χ3v) is 3.23. The van der Waals surface area contributed by atoms with Crippen LogP contribution < -0.4 is 0 Å². The van der Waals surface area contributed by atoms with Gasteiger partial charge in [-0.2, -0.15) is 0 Å². The summed E-state index contributed by atoms with van der Waals surface area (Å²) < 4.78 is 40.0. The van der Waals surface area contributed by atoms with Crippen molar-refractivity contribution in [1.29, 1.82) is 0 Å². The van der Waals surface area contributed by atoms with Crippen molar-refractivity contribution in [2.24, 2.45) is 0 Å². The minimum Gasteiger partial charge on any atom is -0.374 e. The van der Waals surface area contributed by atoms with Gasteiger partial charge in [0.2, 0.25) is 0 Å². The van der Waals surface area contributed by atoms with E-state index >= 15 is 0 Å². The zero-order chi connectivity index (χ0) is 15.6. The van der Waals surface area contributed by atoms with Gasteiger partial charge in [0.25, 0.3) is 0 Å². The van der Waals surface area contributed by atoms with Gasteiger partial charge in [0.15, 0.2) is 0 Å². The Morgan fingerprint density at radius 3 is 2.00 bits per heavy atom. The minimum absolute atomic E-state index is 0.456. The zero-order valence-electron chi connectivity index (χ0n) is 14.9.